The molecule has 0 aliphatic carbocycles. The van der Waals surface area contributed by atoms with Crippen LogP contribution in [0.2, 0.25) is 5.02 Å². The number of nitrogens with zero attached hydrogens (tertiary/aromatic N) is 2. The number of piperazine rings is 1. The van der Waals surface area contributed by atoms with Crippen molar-refractivity contribution in [1.82, 2.24) is 9.80 Å². The van der Waals surface area contributed by atoms with Crippen molar-refractivity contribution in [2.45, 2.75) is 6.54 Å². The van der Waals surface area contributed by atoms with Crippen molar-refractivity contribution in [3.05, 3.63) is 33.3 Å². The second-order valence-corrected chi connectivity index (χ2v) is 5.61. The quantitative estimate of drug-likeness (QED) is 0.829. The number of halogens is 2. The molecule has 0 aromatic heterocycles. The van der Waals surface area contributed by atoms with E-state index >= 15 is 0 Å². The van der Waals surface area contributed by atoms with Crippen LogP contribution in [0.5, 0.6) is 0 Å². The van der Waals surface area contributed by atoms with Crippen LogP contribution in [-0.2, 0) is 6.54 Å². The molecule has 1 aliphatic rings. The number of rotatable bonds is 2. The fourth-order valence-electron chi connectivity index (χ4n) is 1.90. The molecule has 0 bridgehead atoms. The Balaban J connectivity index is 1.98. The minimum absolute atomic E-state index is 0.786. The van der Waals surface area contributed by atoms with Gasteiger partial charge in [0.25, 0.3) is 0 Å². The SMILES string of the molecule is CN1CCN(Cc2ccc(Cl)cc2Br)CC1. The first-order chi connectivity index (χ1) is 7.65. The van der Waals surface area contributed by atoms with E-state index in [-0.39, 0.29) is 0 Å². The zero-order chi connectivity index (χ0) is 11.5. The molecule has 1 heterocycles. The van der Waals surface area contributed by atoms with E-state index in [0.717, 1.165) is 42.2 Å². The monoisotopic (exact) mass is 302 g/mol. The topological polar surface area (TPSA) is 6.48 Å². The number of hydrogen-bond acceptors (Lipinski definition) is 2. The summed E-state index contributed by atoms with van der Waals surface area (Å²) in [5.74, 6) is 0. The Labute approximate surface area is 110 Å². The van der Waals surface area contributed by atoms with Crippen LogP contribution in [0.25, 0.3) is 0 Å². The minimum Gasteiger partial charge on any atom is -0.304 e. The van der Waals surface area contributed by atoms with Crippen LogP contribution in [0.3, 0.4) is 0 Å². The van der Waals surface area contributed by atoms with Crippen molar-refractivity contribution in [3.8, 4) is 0 Å². The second-order valence-electron chi connectivity index (χ2n) is 4.32. The third kappa shape index (κ3) is 3.20. The largest absolute Gasteiger partial charge is 0.304 e. The Morgan fingerprint density at radius 1 is 1.25 bits per heavy atom. The maximum Gasteiger partial charge on any atom is 0.0417 e. The number of likely N-dealkylation sites (N-methyl/N-ethyl adjacent to an activating group) is 1. The molecule has 1 saturated heterocycles. The molecule has 0 spiro atoms. The lowest BCUT2D eigenvalue weighted by atomic mass is 10.2. The zero-order valence-corrected chi connectivity index (χ0v) is 11.8. The van der Waals surface area contributed by atoms with Crippen molar-refractivity contribution >= 4 is 27.5 Å². The highest BCUT2D eigenvalue weighted by atomic mass is 79.9. The van der Waals surface area contributed by atoms with Gasteiger partial charge in [-0.15, -0.1) is 0 Å². The summed E-state index contributed by atoms with van der Waals surface area (Å²) >= 11 is 9.49. The van der Waals surface area contributed by atoms with Crippen molar-refractivity contribution in [1.29, 1.82) is 0 Å². The molecule has 1 aromatic carbocycles. The molecule has 2 rings (SSSR count). The van der Waals surface area contributed by atoms with Gasteiger partial charge in [0.15, 0.2) is 0 Å². The fraction of sp³-hybridized carbons (Fsp3) is 0.500. The van der Waals surface area contributed by atoms with Gasteiger partial charge in [0.05, 0.1) is 0 Å². The fourth-order valence-corrected chi connectivity index (χ4v) is 2.70. The van der Waals surface area contributed by atoms with E-state index in [9.17, 15) is 0 Å². The zero-order valence-electron chi connectivity index (χ0n) is 9.42. The van der Waals surface area contributed by atoms with Gasteiger partial charge in [0, 0.05) is 42.2 Å². The summed E-state index contributed by atoms with van der Waals surface area (Å²) in [5, 5.41) is 0.786. The Morgan fingerprint density at radius 3 is 2.56 bits per heavy atom. The number of hydrogen-bond donors (Lipinski definition) is 0. The maximum absolute atomic E-state index is 5.93. The molecule has 1 fully saturated rings. The normalized spacial score (nSPS) is 18.9. The van der Waals surface area contributed by atoms with Crippen LogP contribution < -0.4 is 0 Å². The average molecular weight is 304 g/mol. The van der Waals surface area contributed by atoms with Gasteiger partial charge in [-0.05, 0) is 24.7 Å². The van der Waals surface area contributed by atoms with Crippen molar-refractivity contribution in [3.63, 3.8) is 0 Å². The first-order valence-electron chi connectivity index (χ1n) is 5.50. The van der Waals surface area contributed by atoms with Gasteiger partial charge in [0.2, 0.25) is 0 Å². The molecule has 4 heteroatoms. The van der Waals surface area contributed by atoms with E-state index < -0.39 is 0 Å². The Bertz CT molecular complexity index is 362. The van der Waals surface area contributed by atoms with E-state index in [0.29, 0.717) is 0 Å². The van der Waals surface area contributed by atoms with Crippen LogP contribution in [0.15, 0.2) is 22.7 Å². The molecular formula is C12H16BrClN2. The third-order valence-electron chi connectivity index (χ3n) is 3.00. The van der Waals surface area contributed by atoms with E-state index in [1.54, 1.807) is 0 Å². The summed E-state index contributed by atoms with van der Waals surface area (Å²) in [7, 11) is 2.18. The van der Waals surface area contributed by atoms with E-state index in [4.69, 9.17) is 11.6 Å². The lowest BCUT2D eigenvalue weighted by Crippen LogP contribution is -2.43. The van der Waals surface area contributed by atoms with Gasteiger partial charge in [-0.25, -0.2) is 0 Å². The highest BCUT2D eigenvalue weighted by molar-refractivity contribution is 9.10. The van der Waals surface area contributed by atoms with Crippen LogP contribution in [0.1, 0.15) is 5.56 Å². The van der Waals surface area contributed by atoms with Crippen LogP contribution in [-0.4, -0.2) is 43.0 Å². The summed E-state index contributed by atoms with van der Waals surface area (Å²) in [4.78, 5) is 4.85. The average Bonchev–Trinajstić information content (AvgIpc) is 2.25. The molecule has 16 heavy (non-hydrogen) atoms. The lowest BCUT2D eigenvalue weighted by Gasteiger charge is -2.32. The first-order valence-corrected chi connectivity index (χ1v) is 6.67. The molecule has 0 atom stereocenters. The molecule has 2 nitrogen and oxygen atoms in total. The van der Waals surface area contributed by atoms with Crippen molar-refractivity contribution in [2.24, 2.45) is 0 Å². The summed E-state index contributed by atoms with van der Waals surface area (Å²) in [5.41, 5.74) is 1.31. The van der Waals surface area contributed by atoms with Gasteiger partial charge < -0.3 is 4.90 Å². The maximum atomic E-state index is 5.93. The molecule has 0 saturated carbocycles. The predicted molar refractivity (Wildman–Crippen MR) is 71.9 cm³/mol. The van der Waals surface area contributed by atoms with E-state index in [2.05, 4.69) is 38.8 Å². The first kappa shape index (κ1) is 12.4. The minimum atomic E-state index is 0.786. The lowest BCUT2D eigenvalue weighted by molar-refractivity contribution is 0.148. The van der Waals surface area contributed by atoms with Crippen molar-refractivity contribution in [2.75, 3.05) is 33.2 Å². The Hall–Kier alpha value is -0.0900. The molecule has 0 N–H and O–H groups in total. The van der Waals surface area contributed by atoms with Crippen LogP contribution >= 0.6 is 27.5 Å². The molecule has 1 aromatic rings. The standard InChI is InChI=1S/C12H16BrClN2/c1-15-4-6-16(7-5-15)9-10-2-3-11(14)8-12(10)13/h2-3,8H,4-7,9H2,1H3. The molecular weight excluding hydrogens is 288 g/mol. The van der Waals surface area contributed by atoms with Gasteiger partial charge in [-0.3, -0.25) is 4.90 Å². The summed E-state index contributed by atoms with van der Waals surface area (Å²) in [6, 6.07) is 6.02. The molecule has 0 radical (unpaired) electrons. The predicted octanol–water partition coefficient (Wildman–Crippen LogP) is 2.85. The molecule has 0 unspecified atom stereocenters. The van der Waals surface area contributed by atoms with Gasteiger partial charge >= 0.3 is 0 Å². The molecule has 88 valence electrons. The highest BCUT2D eigenvalue weighted by Gasteiger charge is 2.14. The number of benzene rings is 1. The van der Waals surface area contributed by atoms with Gasteiger partial charge in [-0.1, -0.05) is 33.6 Å². The van der Waals surface area contributed by atoms with Crippen molar-refractivity contribution < 1.29 is 0 Å². The summed E-state index contributed by atoms with van der Waals surface area (Å²) in [6.45, 7) is 5.61. The summed E-state index contributed by atoms with van der Waals surface area (Å²) in [6.07, 6.45) is 0. The summed E-state index contributed by atoms with van der Waals surface area (Å²) < 4.78 is 1.11. The highest BCUT2D eigenvalue weighted by Crippen LogP contribution is 2.23. The second kappa shape index (κ2) is 5.50. The third-order valence-corrected chi connectivity index (χ3v) is 3.98. The van der Waals surface area contributed by atoms with Gasteiger partial charge in [-0.2, -0.15) is 0 Å². The van der Waals surface area contributed by atoms with Crippen LogP contribution in [0.4, 0.5) is 0 Å². The molecule has 0 amide bonds. The van der Waals surface area contributed by atoms with E-state index in [1.807, 2.05) is 12.1 Å². The smallest absolute Gasteiger partial charge is 0.0417 e. The van der Waals surface area contributed by atoms with Gasteiger partial charge in [0.1, 0.15) is 0 Å². The Kier molecular flexibility index (Phi) is 4.25. The van der Waals surface area contributed by atoms with E-state index in [1.165, 1.54) is 5.56 Å². The Morgan fingerprint density at radius 2 is 1.94 bits per heavy atom. The van der Waals surface area contributed by atoms with Crippen LogP contribution in [0, 0.1) is 0 Å². The molecule has 1 aliphatic heterocycles.